The van der Waals surface area contributed by atoms with Crippen LogP contribution in [0, 0.1) is 5.41 Å². The Morgan fingerprint density at radius 2 is 1.74 bits per heavy atom. The van der Waals surface area contributed by atoms with Crippen molar-refractivity contribution in [2.75, 3.05) is 13.1 Å². The summed E-state index contributed by atoms with van der Waals surface area (Å²) in [5.74, 6) is 0.000843. The number of likely N-dealkylation sites (tertiary alicyclic amines) is 1. The maximum Gasteiger partial charge on any atom is 0.408 e. The minimum atomic E-state index is -0.594. The molecule has 5 nitrogen and oxygen atoms in total. The number of rotatable bonds is 4. The Labute approximate surface area is 162 Å². The molecule has 148 valence electrons. The fourth-order valence-electron chi connectivity index (χ4n) is 4.26. The van der Waals surface area contributed by atoms with E-state index in [1.807, 2.05) is 56.0 Å². The summed E-state index contributed by atoms with van der Waals surface area (Å²) in [5.41, 5.74) is 0.768. The van der Waals surface area contributed by atoms with Gasteiger partial charge in [-0.25, -0.2) is 4.79 Å². The molecular formula is C22H32N2O3. The molecule has 0 radical (unpaired) electrons. The van der Waals surface area contributed by atoms with Gasteiger partial charge in [0.2, 0.25) is 5.91 Å². The van der Waals surface area contributed by atoms with Crippen molar-refractivity contribution in [2.45, 2.75) is 70.9 Å². The maximum atomic E-state index is 13.1. The lowest BCUT2D eigenvalue weighted by atomic mass is 9.68. The van der Waals surface area contributed by atoms with E-state index in [1.54, 1.807) is 0 Å². The average molecular weight is 373 g/mol. The minimum Gasteiger partial charge on any atom is -0.444 e. The number of alkyl carbamates (subject to hydrolysis) is 1. The van der Waals surface area contributed by atoms with E-state index in [9.17, 15) is 9.59 Å². The first-order valence-corrected chi connectivity index (χ1v) is 10.1. The molecule has 1 aliphatic heterocycles. The molecule has 0 aromatic heterocycles. The molecule has 0 bridgehead atoms. The minimum absolute atomic E-state index is 0.000843. The summed E-state index contributed by atoms with van der Waals surface area (Å²) in [6, 6.07) is 9.22. The van der Waals surface area contributed by atoms with Gasteiger partial charge in [0, 0.05) is 24.9 Å². The Morgan fingerprint density at radius 1 is 1.11 bits per heavy atom. The quantitative estimate of drug-likeness (QED) is 0.872. The Morgan fingerprint density at radius 3 is 2.33 bits per heavy atom. The SMILES string of the molecule is CC(C)(C)OC(=O)N[C@H](Cc1ccccc1)C(=O)N1CC2(CCCCC2)C1. The molecule has 27 heavy (non-hydrogen) atoms. The molecule has 1 saturated heterocycles. The van der Waals surface area contributed by atoms with Gasteiger partial charge in [0.05, 0.1) is 0 Å². The van der Waals surface area contributed by atoms with Gasteiger partial charge in [-0.3, -0.25) is 4.79 Å². The van der Waals surface area contributed by atoms with Crippen LogP contribution in [0.15, 0.2) is 30.3 Å². The van der Waals surface area contributed by atoms with E-state index in [-0.39, 0.29) is 5.91 Å². The Bertz CT molecular complexity index is 652. The van der Waals surface area contributed by atoms with Crippen molar-refractivity contribution < 1.29 is 14.3 Å². The number of nitrogens with zero attached hydrogens (tertiary/aromatic N) is 1. The van der Waals surface area contributed by atoms with E-state index >= 15 is 0 Å². The third-order valence-corrected chi connectivity index (χ3v) is 5.55. The number of nitrogens with one attached hydrogen (secondary N) is 1. The van der Waals surface area contributed by atoms with Crippen LogP contribution in [0.25, 0.3) is 0 Å². The van der Waals surface area contributed by atoms with E-state index < -0.39 is 17.7 Å². The number of carbonyl (C=O) groups is 2. The number of ether oxygens (including phenoxy) is 1. The zero-order valence-electron chi connectivity index (χ0n) is 16.8. The Kier molecular flexibility index (Phi) is 5.78. The van der Waals surface area contributed by atoms with Crippen LogP contribution < -0.4 is 5.32 Å². The Hall–Kier alpha value is -2.04. The van der Waals surface area contributed by atoms with Crippen LogP contribution in [0.4, 0.5) is 4.79 Å². The van der Waals surface area contributed by atoms with Gasteiger partial charge < -0.3 is 15.0 Å². The summed E-state index contributed by atoms with van der Waals surface area (Å²) in [5, 5.41) is 2.81. The molecule has 2 aliphatic rings. The van der Waals surface area contributed by atoms with E-state index in [1.165, 1.54) is 32.1 Å². The number of benzene rings is 1. The molecule has 0 unspecified atom stereocenters. The van der Waals surface area contributed by atoms with Gasteiger partial charge in [-0.2, -0.15) is 0 Å². The van der Waals surface area contributed by atoms with Crippen LogP contribution in [0.2, 0.25) is 0 Å². The largest absolute Gasteiger partial charge is 0.444 e. The molecule has 1 aromatic rings. The van der Waals surface area contributed by atoms with E-state index in [0.29, 0.717) is 11.8 Å². The van der Waals surface area contributed by atoms with Crippen LogP contribution >= 0.6 is 0 Å². The lowest BCUT2D eigenvalue weighted by Gasteiger charge is -2.53. The van der Waals surface area contributed by atoms with Crippen molar-refractivity contribution in [1.82, 2.24) is 10.2 Å². The lowest BCUT2D eigenvalue weighted by Crippen LogP contribution is -2.63. The predicted molar refractivity (Wildman–Crippen MR) is 105 cm³/mol. The zero-order valence-corrected chi connectivity index (χ0v) is 16.8. The summed E-state index contributed by atoms with van der Waals surface area (Å²) in [6.45, 7) is 7.12. The summed E-state index contributed by atoms with van der Waals surface area (Å²) in [6.07, 6.45) is 6.23. The smallest absolute Gasteiger partial charge is 0.408 e. The molecule has 2 fully saturated rings. The summed E-state index contributed by atoms with van der Waals surface area (Å²) >= 11 is 0. The van der Waals surface area contributed by atoms with Gasteiger partial charge in [-0.1, -0.05) is 49.6 Å². The van der Waals surface area contributed by atoms with Crippen LogP contribution in [-0.2, 0) is 16.0 Å². The first kappa shape index (κ1) is 19.7. The molecule has 1 N–H and O–H groups in total. The third kappa shape index (κ3) is 5.24. The highest BCUT2D eigenvalue weighted by Gasteiger charge is 2.46. The zero-order chi connectivity index (χ0) is 19.5. The first-order chi connectivity index (χ1) is 12.8. The molecular weight excluding hydrogens is 340 g/mol. The highest BCUT2D eigenvalue weighted by Crippen LogP contribution is 2.43. The molecule has 5 heteroatoms. The highest BCUT2D eigenvalue weighted by atomic mass is 16.6. The van der Waals surface area contributed by atoms with E-state index in [0.717, 1.165) is 18.7 Å². The summed E-state index contributed by atoms with van der Waals surface area (Å²) < 4.78 is 5.38. The van der Waals surface area contributed by atoms with Crippen molar-refractivity contribution in [3.63, 3.8) is 0 Å². The highest BCUT2D eigenvalue weighted by molar-refractivity contribution is 5.86. The summed E-state index contributed by atoms with van der Waals surface area (Å²) in [7, 11) is 0. The van der Waals surface area contributed by atoms with Crippen molar-refractivity contribution in [3.05, 3.63) is 35.9 Å². The molecule has 1 spiro atoms. The van der Waals surface area contributed by atoms with Gasteiger partial charge in [-0.15, -0.1) is 0 Å². The number of hydrogen-bond donors (Lipinski definition) is 1. The topological polar surface area (TPSA) is 58.6 Å². The molecule has 1 aromatic carbocycles. The fourth-order valence-corrected chi connectivity index (χ4v) is 4.26. The second-order valence-electron chi connectivity index (χ2n) is 9.14. The van der Waals surface area contributed by atoms with Crippen LogP contribution in [0.3, 0.4) is 0 Å². The third-order valence-electron chi connectivity index (χ3n) is 5.55. The van der Waals surface area contributed by atoms with Gasteiger partial charge in [0.15, 0.2) is 0 Å². The monoisotopic (exact) mass is 372 g/mol. The predicted octanol–water partition coefficient (Wildman–Crippen LogP) is 3.92. The number of carbonyl (C=O) groups excluding carboxylic acids is 2. The van der Waals surface area contributed by atoms with Crippen molar-refractivity contribution in [2.24, 2.45) is 5.41 Å². The number of amides is 2. The van der Waals surface area contributed by atoms with Crippen LogP contribution in [0.5, 0.6) is 0 Å². The molecule has 1 saturated carbocycles. The molecule has 1 atom stereocenters. The number of hydrogen-bond acceptors (Lipinski definition) is 3. The van der Waals surface area contributed by atoms with E-state index in [4.69, 9.17) is 4.74 Å². The molecule has 3 rings (SSSR count). The normalized spacial score (nSPS) is 19.9. The van der Waals surface area contributed by atoms with E-state index in [2.05, 4.69) is 5.32 Å². The second kappa shape index (κ2) is 7.91. The van der Waals surface area contributed by atoms with Gasteiger partial charge >= 0.3 is 6.09 Å². The fraction of sp³-hybridized carbons (Fsp3) is 0.636. The van der Waals surface area contributed by atoms with Gasteiger partial charge in [0.1, 0.15) is 11.6 Å². The molecule has 1 aliphatic carbocycles. The average Bonchev–Trinajstić information content (AvgIpc) is 2.58. The van der Waals surface area contributed by atoms with Crippen molar-refractivity contribution >= 4 is 12.0 Å². The lowest BCUT2D eigenvalue weighted by molar-refractivity contribution is -0.148. The van der Waals surface area contributed by atoms with Crippen molar-refractivity contribution in [3.8, 4) is 0 Å². The first-order valence-electron chi connectivity index (χ1n) is 10.1. The van der Waals surface area contributed by atoms with Crippen LogP contribution in [-0.4, -0.2) is 41.6 Å². The van der Waals surface area contributed by atoms with Gasteiger partial charge in [0.25, 0.3) is 0 Å². The Balaban J connectivity index is 1.65. The molecule has 1 heterocycles. The molecule has 2 amide bonds. The van der Waals surface area contributed by atoms with Gasteiger partial charge in [-0.05, 0) is 39.2 Å². The van der Waals surface area contributed by atoms with Crippen LogP contribution in [0.1, 0.15) is 58.4 Å². The standard InChI is InChI=1S/C22H32N2O3/c1-21(2,3)27-20(26)23-18(14-17-10-6-4-7-11-17)19(25)24-15-22(16-24)12-8-5-9-13-22/h4,6-7,10-11,18H,5,8-9,12-16H2,1-3H3,(H,23,26)/t18-/m1/s1. The van der Waals surface area contributed by atoms with Crippen molar-refractivity contribution in [1.29, 1.82) is 0 Å². The second-order valence-corrected chi connectivity index (χ2v) is 9.14. The summed E-state index contributed by atoms with van der Waals surface area (Å²) in [4.78, 5) is 27.3. The maximum absolute atomic E-state index is 13.1.